The molecule has 1 unspecified atom stereocenters. The minimum absolute atomic E-state index is 0.211. The van der Waals surface area contributed by atoms with Gasteiger partial charge in [-0.15, -0.1) is 0 Å². The molecule has 0 radical (unpaired) electrons. The molecule has 1 aromatic rings. The summed E-state index contributed by atoms with van der Waals surface area (Å²) in [6, 6.07) is 6.03. The van der Waals surface area contributed by atoms with Gasteiger partial charge >= 0.3 is 0 Å². The van der Waals surface area contributed by atoms with Crippen LogP contribution in [0.3, 0.4) is 0 Å². The Labute approximate surface area is 121 Å². The number of ketones is 1. The first kappa shape index (κ1) is 15.2. The van der Waals surface area contributed by atoms with Gasteiger partial charge in [0.25, 0.3) is 0 Å². The average Bonchev–Trinajstić information content (AvgIpc) is 2.90. The third-order valence-electron chi connectivity index (χ3n) is 3.98. The number of nitrogens with zero attached hydrogens (tertiary/aromatic N) is 1. The average molecular weight is 275 g/mol. The Balaban J connectivity index is 1.97. The molecule has 1 aliphatic heterocycles. The summed E-state index contributed by atoms with van der Waals surface area (Å²) in [5, 5.41) is 0. The van der Waals surface area contributed by atoms with E-state index in [4.69, 9.17) is 4.74 Å². The number of rotatable bonds is 6. The first-order chi connectivity index (χ1) is 9.60. The molecule has 20 heavy (non-hydrogen) atoms. The summed E-state index contributed by atoms with van der Waals surface area (Å²) < 4.78 is 5.66. The zero-order valence-corrected chi connectivity index (χ0v) is 12.8. The van der Waals surface area contributed by atoms with Crippen LogP contribution in [0.15, 0.2) is 18.2 Å². The summed E-state index contributed by atoms with van der Waals surface area (Å²) in [5.41, 5.74) is 3.12. The Kier molecular flexibility index (Phi) is 5.32. The van der Waals surface area contributed by atoms with E-state index in [2.05, 4.69) is 24.8 Å². The number of Topliss-reactive ketones (excluding diaryl/α,β-unsaturated/α-hetero) is 1. The Morgan fingerprint density at radius 3 is 2.80 bits per heavy atom. The van der Waals surface area contributed by atoms with E-state index in [9.17, 15) is 4.79 Å². The molecular weight excluding hydrogens is 250 g/mol. The van der Waals surface area contributed by atoms with Crippen molar-refractivity contribution >= 4 is 5.78 Å². The maximum Gasteiger partial charge on any atom is 0.177 e. The number of benzene rings is 1. The number of hydrogen-bond donors (Lipinski definition) is 0. The zero-order chi connectivity index (χ0) is 14.5. The van der Waals surface area contributed by atoms with E-state index in [-0.39, 0.29) is 5.78 Å². The van der Waals surface area contributed by atoms with Crippen LogP contribution in [0.4, 0.5) is 0 Å². The molecule has 0 saturated carbocycles. The van der Waals surface area contributed by atoms with Gasteiger partial charge in [-0.05, 0) is 38.8 Å². The van der Waals surface area contributed by atoms with Gasteiger partial charge in [-0.25, -0.2) is 0 Å². The minimum Gasteiger partial charge on any atom is -0.377 e. The first-order valence-electron chi connectivity index (χ1n) is 7.54. The van der Waals surface area contributed by atoms with Crippen molar-refractivity contribution in [3.8, 4) is 0 Å². The predicted molar refractivity (Wildman–Crippen MR) is 81.3 cm³/mol. The van der Waals surface area contributed by atoms with E-state index in [1.54, 1.807) is 0 Å². The summed E-state index contributed by atoms with van der Waals surface area (Å²) >= 11 is 0. The lowest BCUT2D eigenvalue weighted by Gasteiger charge is -2.23. The standard InChI is InChI=1S/C17H25NO2/c1-4-18(11-15-6-5-9-20-15)12-17(19)16-8-7-13(2)10-14(16)3/h7-8,10,15H,4-6,9,11-12H2,1-3H3. The summed E-state index contributed by atoms with van der Waals surface area (Å²) in [6.07, 6.45) is 2.57. The Morgan fingerprint density at radius 2 is 2.20 bits per heavy atom. The number of likely N-dealkylation sites (N-methyl/N-ethyl adjacent to an activating group) is 1. The van der Waals surface area contributed by atoms with Gasteiger partial charge in [0.2, 0.25) is 0 Å². The Bertz CT molecular complexity index is 464. The second kappa shape index (κ2) is 7.00. The number of ether oxygens (including phenoxy) is 1. The van der Waals surface area contributed by atoms with E-state index in [0.717, 1.165) is 43.7 Å². The van der Waals surface area contributed by atoms with Crippen molar-refractivity contribution in [3.63, 3.8) is 0 Å². The van der Waals surface area contributed by atoms with Crippen molar-refractivity contribution in [3.05, 3.63) is 34.9 Å². The fourth-order valence-corrected chi connectivity index (χ4v) is 2.80. The van der Waals surface area contributed by atoms with Gasteiger partial charge in [-0.2, -0.15) is 0 Å². The molecule has 1 heterocycles. The molecule has 110 valence electrons. The third-order valence-corrected chi connectivity index (χ3v) is 3.98. The summed E-state index contributed by atoms with van der Waals surface area (Å²) in [5.74, 6) is 0.211. The lowest BCUT2D eigenvalue weighted by Crippen LogP contribution is -2.36. The fourth-order valence-electron chi connectivity index (χ4n) is 2.80. The highest BCUT2D eigenvalue weighted by molar-refractivity contribution is 5.98. The van der Waals surface area contributed by atoms with Gasteiger partial charge in [-0.3, -0.25) is 9.69 Å². The van der Waals surface area contributed by atoms with E-state index >= 15 is 0 Å². The van der Waals surface area contributed by atoms with Crippen molar-refractivity contribution in [2.75, 3.05) is 26.2 Å². The van der Waals surface area contributed by atoms with Crippen LogP contribution in [-0.4, -0.2) is 43.0 Å². The molecule has 3 nitrogen and oxygen atoms in total. The smallest absolute Gasteiger partial charge is 0.177 e. The van der Waals surface area contributed by atoms with Crippen LogP contribution in [-0.2, 0) is 4.74 Å². The molecule has 1 aromatic carbocycles. The second-order valence-electron chi connectivity index (χ2n) is 5.70. The minimum atomic E-state index is 0.211. The van der Waals surface area contributed by atoms with E-state index in [0.29, 0.717) is 12.6 Å². The van der Waals surface area contributed by atoms with Gasteiger partial charge in [-0.1, -0.05) is 30.7 Å². The van der Waals surface area contributed by atoms with Crippen LogP contribution >= 0.6 is 0 Å². The van der Waals surface area contributed by atoms with Gasteiger partial charge < -0.3 is 4.74 Å². The topological polar surface area (TPSA) is 29.5 Å². The van der Waals surface area contributed by atoms with Gasteiger partial charge in [0, 0.05) is 18.7 Å². The summed E-state index contributed by atoms with van der Waals surface area (Å²) in [4.78, 5) is 14.6. The molecule has 1 saturated heterocycles. The zero-order valence-electron chi connectivity index (χ0n) is 12.8. The number of aryl methyl sites for hydroxylation is 2. The highest BCUT2D eigenvalue weighted by Gasteiger charge is 2.20. The Hall–Kier alpha value is -1.19. The molecule has 1 atom stereocenters. The van der Waals surface area contributed by atoms with Crippen molar-refractivity contribution in [2.24, 2.45) is 0 Å². The van der Waals surface area contributed by atoms with Crippen LogP contribution in [0.1, 0.15) is 41.3 Å². The van der Waals surface area contributed by atoms with Crippen LogP contribution in [0.5, 0.6) is 0 Å². The van der Waals surface area contributed by atoms with Crippen molar-refractivity contribution in [2.45, 2.75) is 39.7 Å². The van der Waals surface area contributed by atoms with Gasteiger partial charge in [0.1, 0.15) is 0 Å². The molecule has 2 rings (SSSR count). The molecule has 0 aliphatic carbocycles. The number of hydrogen-bond acceptors (Lipinski definition) is 3. The van der Waals surface area contributed by atoms with Crippen LogP contribution < -0.4 is 0 Å². The van der Waals surface area contributed by atoms with E-state index < -0.39 is 0 Å². The van der Waals surface area contributed by atoms with Crippen molar-refractivity contribution in [1.29, 1.82) is 0 Å². The van der Waals surface area contributed by atoms with Crippen molar-refractivity contribution < 1.29 is 9.53 Å². The second-order valence-corrected chi connectivity index (χ2v) is 5.70. The van der Waals surface area contributed by atoms with E-state index in [1.165, 1.54) is 5.56 Å². The van der Waals surface area contributed by atoms with Gasteiger partial charge in [0.15, 0.2) is 5.78 Å². The maximum absolute atomic E-state index is 12.4. The highest BCUT2D eigenvalue weighted by atomic mass is 16.5. The molecule has 0 spiro atoms. The quantitative estimate of drug-likeness (QED) is 0.748. The monoisotopic (exact) mass is 275 g/mol. The third kappa shape index (κ3) is 3.90. The molecule has 0 amide bonds. The maximum atomic E-state index is 12.4. The van der Waals surface area contributed by atoms with E-state index in [1.807, 2.05) is 19.1 Å². The largest absolute Gasteiger partial charge is 0.377 e. The molecule has 3 heteroatoms. The summed E-state index contributed by atoms with van der Waals surface area (Å²) in [7, 11) is 0. The van der Waals surface area contributed by atoms with Crippen molar-refractivity contribution in [1.82, 2.24) is 4.90 Å². The lowest BCUT2D eigenvalue weighted by atomic mass is 10.0. The normalized spacial score (nSPS) is 18.7. The molecule has 0 N–H and O–H groups in total. The summed E-state index contributed by atoms with van der Waals surface area (Å²) in [6.45, 7) is 9.27. The number of carbonyl (C=O) groups excluding carboxylic acids is 1. The SMILES string of the molecule is CCN(CC(=O)c1ccc(C)cc1C)CC1CCCO1. The van der Waals surface area contributed by atoms with Crippen LogP contribution in [0, 0.1) is 13.8 Å². The molecule has 0 bridgehead atoms. The molecule has 1 aliphatic rings. The fraction of sp³-hybridized carbons (Fsp3) is 0.588. The molecule has 1 fully saturated rings. The molecular formula is C17H25NO2. The Morgan fingerprint density at radius 1 is 1.40 bits per heavy atom. The van der Waals surface area contributed by atoms with Crippen LogP contribution in [0.25, 0.3) is 0 Å². The predicted octanol–water partition coefficient (Wildman–Crippen LogP) is 2.99. The first-order valence-corrected chi connectivity index (χ1v) is 7.54. The van der Waals surface area contributed by atoms with Crippen LogP contribution in [0.2, 0.25) is 0 Å². The highest BCUT2D eigenvalue weighted by Crippen LogP contribution is 2.15. The lowest BCUT2D eigenvalue weighted by molar-refractivity contribution is 0.0686. The van der Waals surface area contributed by atoms with Gasteiger partial charge in [0.05, 0.1) is 12.6 Å². The molecule has 0 aromatic heterocycles. The number of carbonyl (C=O) groups is 1.